The van der Waals surface area contributed by atoms with E-state index in [2.05, 4.69) is 48.1 Å². The van der Waals surface area contributed by atoms with Gasteiger partial charge in [0, 0.05) is 47.0 Å². The Morgan fingerprint density at radius 3 is 2.78 bits per heavy atom. The van der Waals surface area contributed by atoms with Gasteiger partial charge >= 0.3 is 0 Å². The molecular weight excluding hydrogens is 472 g/mol. The van der Waals surface area contributed by atoms with Crippen LogP contribution in [0.4, 0.5) is 0 Å². The summed E-state index contributed by atoms with van der Waals surface area (Å²) in [6.45, 7) is 7.81. The zero-order valence-electron chi connectivity index (χ0n) is 21.6. The van der Waals surface area contributed by atoms with Gasteiger partial charge in [0.05, 0.1) is 19.8 Å². The zero-order valence-corrected chi connectivity index (χ0v) is 22.3. The number of rotatable bonds is 9. The summed E-state index contributed by atoms with van der Waals surface area (Å²) in [6.07, 6.45) is 10.7. The Balaban J connectivity index is 1.62. The number of methoxy groups -OCH3 is 1. The maximum atomic E-state index is 6.26. The Hall–Kier alpha value is -2.86. The van der Waals surface area contributed by atoms with Gasteiger partial charge in [0.25, 0.3) is 0 Å². The molecule has 0 saturated carbocycles. The minimum Gasteiger partial charge on any atom is -0.497 e. The van der Waals surface area contributed by atoms with Crippen LogP contribution >= 0.6 is 11.6 Å². The average molecular weight is 507 g/mol. The number of nitrogens with zero attached hydrogens (tertiary/aromatic N) is 1. The quantitative estimate of drug-likeness (QED) is 0.302. The third kappa shape index (κ3) is 6.09. The molecule has 1 aliphatic carbocycles. The summed E-state index contributed by atoms with van der Waals surface area (Å²) in [5.74, 6) is 0.915. The smallest absolute Gasteiger partial charge is 0.137 e. The van der Waals surface area contributed by atoms with Crippen LogP contribution in [0.5, 0.6) is 0 Å². The zero-order chi connectivity index (χ0) is 25.5. The van der Waals surface area contributed by atoms with Crippen molar-refractivity contribution in [1.82, 2.24) is 9.97 Å². The lowest BCUT2D eigenvalue weighted by molar-refractivity contribution is 0.123. The predicted molar refractivity (Wildman–Crippen MR) is 146 cm³/mol. The fourth-order valence-electron chi connectivity index (χ4n) is 4.74. The number of aromatic amines is 1. The van der Waals surface area contributed by atoms with E-state index in [0.717, 1.165) is 62.6 Å². The first kappa shape index (κ1) is 26.2. The van der Waals surface area contributed by atoms with Crippen LogP contribution in [0.1, 0.15) is 54.7 Å². The van der Waals surface area contributed by atoms with Gasteiger partial charge < -0.3 is 19.2 Å². The van der Waals surface area contributed by atoms with Crippen molar-refractivity contribution in [3.8, 4) is 0 Å². The summed E-state index contributed by atoms with van der Waals surface area (Å²) >= 11 is 6.11. The SMILES string of the molecule is CCO/C1=C(C(OC)c2c(C)[nH]c3ncccc23)/C=C\CC/C=C(/COCc2ccc(Cl)cc2C)C1. The maximum Gasteiger partial charge on any atom is 0.137 e. The second-order valence-corrected chi connectivity index (χ2v) is 9.51. The van der Waals surface area contributed by atoms with Crippen molar-refractivity contribution in [1.29, 1.82) is 0 Å². The lowest BCUT2D eigenvalue weighted by Crippen LogP contribution is -2.11. The number of aromatic nitrogens is 2. The molecule has 1 N–H and O–H groups in total. The van der Waals surface area contributed by atoms with Gasteiger partial charge in [-0.05, 0) is 74.6 Å². The Morgan fingerprint density at radius 1 is 1.14 bits per heavy atom. The van der Waals surface area contributed by atoms with Gasteiger partial charge in [0.2, 0.25) is 0 Å². The van der Waals surface area contributed by atoms with E-state index in [1.807, 2.05) is 31.2 Å². The van der Waals surface area contributed by atoms with Gasteiger partial charge in [-0.25, -0.2) is 4.98 Å². The second-order valence-electron chi connectivity index (χ2n) is 9.07. The van der Waals surface area contributed by atoms with Crippen molar-refractivity contribution >= 4 is 22.6 Å². The summed E-state index contributed by atoms with van der Waals surface area (Å²) in [6, 6.07) is 9.96. The van der Waals surface area contributed by atoms with Crippen LogP contribution in [0.25, 0.3) is 11.0 Å². The number of allylic oxidation sites excluding steroid dienone is 3. The van der Waals surface area contributed by atoms with Crippen molar-refractivity contribution in [2.45, 2.75) is 52.7 Å². The van der Waals surface area contributed by atoms with Crippen LogP contribution < -0.4 is 0 Å². The van der Waals surface area contributed by atoms with Crippen molar-refractivity contribution in [2.75, 3.05) is 20.3 Å². The molecule has 5 nitrogen and oxygen atoms in total. The van der Waals surface area contributed by atoms with Crippen LogP contribution in [0.15, 0.2) is 71.7 Å². The number of nitrogens with one attached hydrogen (secondary N) is 1. The number of fused-ring (bicyclic) bond motifs is 1. The molecule has 6 heteroatoms. The van der Waals surface area contributed by atoms with E-state index in [1.54, 1.807) is 13.3 Å². The fraction of sp³-hybridized carbons (Fsp3) is 0.367. The highest BCUT2D eigenvalue weighted by atomic mass is 35.5. The molecule has 0 saturated heterocycles. The number of benzene rings is 1. The number of halogens is 1. The van der Waals surface area contributed by atoms with E-state index in [0.29, 0.717) is 26.2 Å². The van der Waals surface area contributed by atoms with Crippen molar-refractivity contribution < 1.29 is 14.2 Å². The topological polar surface area (TPSA) is 56.4 Å². The van der Waals surface area contributed by atoms with E-state index in [4.69, 9.17) is 25.8 Å². The third-order valence-corrected chi connectivity index (χ3v) is 6.76. The van der Waals surface area contributed by atoms with Crippen molar-refractivity contribution in [3.05, 3.63) is 99.1 Å². The van der Waals surface area contributed by atoms with Gasteiger partial charge in [-0.15, -0.1) is 0 Å². The molecule has 0 amide bonds. The number of hydrogen-bond donors (Lipinski definition) is 1. The molecule has 1 atom stereocenters. The van der Waals surface area contributed by atoms with Crippen LogP contribution in [-0.2, 0) is 20.8 Å². The van der Waals surface area contributed by atoms with E-state index >= 15 is 0 Å². The molecule has 0 spiro atoms. The third-order valence-electron chi connectivity index (χ3n) is 6.53. The number of hydrogen-bond acceptors (Lipinski definition) is 4. The molecular formula is C30H35ClN2O3. The van der Waals surface area contributed by atoms with Gasteiger partial charge in [0.15, 0.2) is 0 Å². The first-order valence-electron chi connectivity index (χ1n) is 12.5. The summed E-state index contributed by atoms with van der Waals surface area (Å²) in [7, 11) is 1.75. The van der Waals surface area contributed by atoms with Crippen molar-refractivity contribution in [2.24, 2.45) is 0 Å². The largest absolute Gasteiger partial charge is 0.497 e. The molecule has 36 heavy (non-hydrogen) atoms. The second kappa shape index (κ2) is 12.4. The molecule has 0 bridgehead atoms. The number of aryl methyl sites for hydroxylation is 2. The minimum absolute atomic E-state index is 0.280. The summed E-state index contributed by atoms with van der Waals surface area (Å²) in [5.41, 5.74) is 7.53. The lowest BCUT2D eigenvalue weighted by Gasteiger charge is -2.22. The highest BCUT2D eigenvalue weighted by Crippen LogP contribution is 2.37. The standard InChI is InChI=1S/C30H35ClN2O3/c1-5-36-27-17-22(18-35-19-23-13-14-24(31)16-20(23)2)10-7-6-8-11-25(27)29(34-4)28-21(3)33-30-26(28)12-9-15-32-30/h8-16,29H,5-7,17-19H2,1-4H3,(H,32,33)/b11-8-,22-10+,27-25-. The Bertz CT molecular complexity index is 1290. The van der Waals surface area contributed by atoms with Crippen molar-refractivity contribution in [3.63, 3.8) is 0 Å². The molecule has 4 rings (SSSR count). The first-order chi connectivity index (χ1) is 17.5. The molecule has 190 valence electrons. The van der Waals surface area contributed by atoms with Gasteiger partial charge in [-0.3, -0.25) is 0 Å². The summed E-state index contributed by atoms with van der Waals surface area (Å²) in [5, 5.41) is 1.81. The normalized spacial score (nSPS) is 19.8. The summed E-state index contributed by atoms with van der Waals surface area (Å²) in [4.78, 5) is 7.91. The highest BCUT2D eigenvalue weighted by molar-refractivity contribution is 6.30. The Kier molecular flexibility index (Phi) is 9.03. The number of H-pyrrole nitrogens is 1. The molecule has 1 unspecified atom stereocenters. The van der Waals surface area contributed by atoms with E-state index in [1.165, 1.54) is 5.57 Å². The van der Waals surface area contributed by atoms with E-state index in [-0.39, 0.29) is 6.10 Å². The summed E-state index contributed by atoms with van der Waals surface area (Å²) < 4.78 is 18.6. The molecule has 2 aromatic heterocycles. The van der Waals surface area contributed by atoms with Gasteiger partial charge in [0.1, 0.15) is 17.5 Å². The predicted octanol–water partition coefficient (Wildman–Crippen LogP) is 7.69. The van der Waals surface area contributed by atoms with Crippen LogP contribution in [0.3, 0.4) is 0 Å². The molecule has 2 heterocycles. The van der Waals surface area contributed by atoms with Gasteiger partial charge in [-0.1, -0.05) is 35.9 Å². The Labute approximate surface area is 218 Å². The number of ether oxygens (including phenoxy) is 3. The maximum absolute atomic E-state index is 6.26. The van der Waals surface area contributed by atoms with Crippen LogP contribution in [-0.4, -0.2) is 30.3 Å². The number of pyridine rings is 1. The monoisotopic (exact) mass is 506 g/mol. The molecule has 1 aromatic carbocycles. The average Bonchev–Trinajstić information content (AvgIpc) is 3.23. The van der Waals surface area contributed by atoms with E-state index in [9.17, 15) is 0 Å². The molecule has 1 aliphatic rings. The highest BCUT2D eigenvalue weighted by Gasteiger charge is 2.26. The molecule has 0 aliphatic heterocycles. The van der Waals surface area contributed by atoms with Crippen LogP contribution in [0.2, 0.25) is 5.02 Å². The minimum atomic E-state index is -0.280. The van der Waals surface area contributed by atoms with Gasteiger partial charge in [-0.2, -0.15) is 0 Å². The lowest BCUT2D eigenvalue weighted by atomic mass is 9.95. The first-order valence-corrected chi connectivity index (χ1v) is 12.9. The fourth-order valence-corrected chi connectivity index (χ4v) is 4.97. The van der Waals surface area contributed by atoms with Crippen LogP contribution in [0, 0.1) is 13.8 Å². The molecule has 0 radical (unpaired) electrons. The van der Waals surface area contributed by atoms with E-state index < -0.39 is 0 Å². The molecule has 3 aromatic rings. The molecule has 0 fully saturated rings. The Morgan fingerprint density at radius 2 is 2.00 bits per heavy atom.